The van der Waals surface area contributed by atoms with Crippen molar-refractivity contribution in [3.8, 4) is 5.75 Å². The van der Waals surface area contributed by atoms with Crippen molar-refractivity contribution in [2.75, 3.05) is 7.11 Å². The van der Waals surface area contributed by atoms with Gasteiger partial charge >= 0.3 is 0 Å². The van der Waals surface area contributed by atoms with Crippen LogP contribution in [0, 0.1) is 5.82 Å². The van der Waals surface area contributed by atoms with Gasteiger partial charge in [-0.2, -0.15) is 0 Å². The Hall–Kier alpha value is -2.42. The van der Waals surface area contributed by atoms with Gasteiger partial charge in [-0.05, 0) is 48.2 Å². The number of halogens is 1. The molecule has 3 rings (SSSR count). The molecule has 21 heavy (non-hydrogen) atoms. The number of carbonyl (C=O) groups excluding carboxylic acids is 1. The van der Waals surface area contributed by atoms with Crippen LogP contribution in [0.25, 0.3) is 6.08 Å². The number of ether oxygens (including phenoxy) is 1. The minimum atomic E-state index is -0.279. The van der Waals surface area contributed by atoms with Crippen molar-refractivity contribution in [1.29, 1.82) is 0 Å². The molecule has 0 unspecified atom stereocenters. The second-order valence-corrected chi connectivity index (χ2v) is 5.04. The monoisotopic (exact) mass is 282 g/mol. The van der Waals surface area contributed by atoms with Gasteiger partial charge in [-0.25, -0.2) is 4.39 Å². The van der Waals surface area contributed by atoms with Crippen LogP contribution in [0.4, 0.5) is 4.39 Å². The van der Waals surface area contributed by atoms with Crippen molar-refractivity contribution in [1.82, 2.24) is 0 Å². The fourth-order valence-electron chi connectivity index (χ4n) is 2.65. The van der Waals surface area contributed by atoms with Gasteiger partial charge in [0.25, 0.3) is 0 Å². The zero-order valence-electron chi connectivity index (χ0n) is 11.7. The highest BCUT2D eigenvalue weighted by Gasteiger charge is 2.25. The summed E-state index contributed by atoms with van der Waals surface area (Å²) in [5, 5.41) is 0. The highest BCUT2D eigenvalue weighted by Crippen LogP contribution is 2.32. The molecule has 0 saturated carbocycles. The van der Waals surface area contributed by atoms with Crippen molar-refractivity contribution in [2.24, 2.45) is 0 Å². The normalized spacial score (nSPS) is 15.9. The second-order valence-electron chi connectivity index (χ2n) is 5.04. The van der Waals surface area contributed by atoms with Crippen LogP contribution in [-0.2, 0) is 6.42 Å². The number of hydrogen-bond acceptors (Lipinski definition) is 2. The van der Waals surface area contributed by atoms with Crippen LogP contribution in [0.2, 0.25) is 0 Å². The SMILES string of the molecule is COc1cccc2c1C(=O)/C(=C\c1ccc(F)cc1)CC2. The largest absolute Gasteiger partial charge is 0.496 e. The third-order valence-electron chi connectivity index (χ3n) is 3.73. The summed E-state index contributed by atoms with van der Waals surface area (Å²) in [7, 11) is 1.57. The van der Waals surface area contributed by atoms with Gasteiger partial charge in [0.15, 0.2) is 5.78 Å². The Morgan fingerprint density at radius 2 is 1.86 bits per heavy atom. The van der Waals surface area contributed by atoms with Crippen LogP contribution in [-0.4, -0.2) is 12.9 Å². The maximum atomic E-state index is 12.9. The quantitative estimate of drug-likeness (QED) is 0.777. The first-order valence-corrected chi connectivity index (χ1v) is 6.86. The van der Waals surface area contributed by atoms with E-state index in [1.54, 1.807) is 25.3 Å². The molecule has 0 N–H and O–H groups in total. The number of hydrogen-bond donors (Lipinski definition) is 0. The van der Waals surface area contributed by atoms with E-state index < -0.39 is 0 Å². The van der Waals surface area contributed by atoms with E-state index >= 15 is 0 Å². The lowest BCUT2D eigenvalue weighted by atomic mass is 9.85. The summed E-state index contributed by atoms with van der Waals surface area (Å²) in [6.07, 6.45) is 3.33. The molecule has 106 valence electrons. The van der Waals surface area contributed by atoms with Gasteiger partial charge in [-0.15, -0.1) is 0 Å². The number of fused-ring (bicyclic) bond motifs is 1. The summed E-state index contributed by atoms with van der Waals surface area (Å²) in [6, 6.07) is 11.8. The van der Waals surface area contributed by atoms with Crippen LogP contribution in [0.15, 0.2) is 48.0 Å². The van der Waals surface area contributed by atoms with E-state index in [9.17, 15) is 9.18 Å². The molecule has 3 heteroatoms. The Balaban J connectivity index is 2.00. The van der Waals surface area contributed by atoms with E-state index in [0.717, 1.165) is 23.1 Å². The molecule has 1 aliphatic rings. The van der Waals surface area contributed by atoms with E-state index in [1.165, 1.54) is 12.1 Å². The Morgan fingerprint density at radius 3 is 2.57 bits per heavy atom. The predicted octanol–water partition coefficient (Wildman–Crippen LogP) is 4.05. The van der Waals surface area contributed by atoms with Gasteiger partial charge in [0.05, 0.1) is 12.7 Å². The minimum Gasteiger partial charge on any atom is -0.496 e. The van der Waals surface area contributed by atoms with Crippen LogP contribution in [0.3, 0.4) is 0 Å². The number of allylic oxidation sites excluding steroid dienone is 1. The smallest absolute Gasteiger partial charge is 0.193 e. The predicted molar refractivity (Wildman–Crippen MR) is 80.0 cm³/mol. The standard InChI is InChI=1S/C18H15FO2/c1-21-16-4-2-3-13-7-8-14(18(20)17(13)16)11-12-5-9-15(19)10-6-12/h2-6,9-11H,7-8H2,1H3/b14-11-. The topological polar surface area (TPSA) is 26.3 Å². The van der Waals surface area contributed by atoms with Gasteiger partial charge in [0, 0.05) is 5.57 Å². The van der Waals surface area contributed by atoms with E-state index in [0.29, 0.717) is 17.7 Å². The van der Waals surface area contributed by atoms with Crippen molar-refractivity contribution in [3.05, 3.63) is 70.5 Å². The molecular formula is C18H15FO2. The number of benzene rings is 2. The number of carbonyl (C=O) groups is 1. The minimum absolute atomic E-state index is 0.00183. The highest BCUT2D eigenvalue weighted by molar-refractivity contribution is 6.14. The molecule has 0 aromatic heterocycles. The Bertz CT molecular complexity index is 700. The van der Waals surface area contributed by atoms with Crippen molar-refractivity contribution in [3.63, 3.8) is 0 Å². The van der Waals surface area contributed by atoms with Crippen molar-refractivity contribution in [2.45, 2.75) is 12.8 Å². The van der Waals surface area contributed by atoms with Crippen molar-refractivity contribution >= 4 is 11.9 Å². The number of ketones is 1. The average molecular weight is 282 g/mol. The lowest BCUT2D eigenvalue weighted by Gasteiger charge is -2.19. The molecule has 0 radical (unpaired) electrons. The number of Topliss-reactive ketones (excluding diaryl/α,β-unsaturated/α-hetero) is 1. The highest BCUT2D eigenvalue weighted by atomic mass is 19.1. The molecule has 0 atom stereocenters. The van der Waals surface area contributed by atoms with Gasteiger partial charge < -0.3 is 4.74 Å². The lowest BCUT2D eigenvalue weighted by molar-refractivity contribution is 0.102. The molecule has 0 bridgehead atoms. The molecule has 1 aliphatic carbocycles. The lowest BCUT2D eigenvalue weighted by Crippen LogP contribution is -2.15. The van der Waals surface area contributed by atoms with Crippen LogP contribution in [0.1, 0.15) is 27.9 Å². The Morgan fingerprint density at radius 1 is 1.10 bits per heavy atom. The molecule has 2 aromatic carbocycles. The maximum absolute atomic E-state index is 12.9. The maximum Gasteiger partial charge on any atom is 0.193 e. The Labute approximate surface area is 122 Å². The summed E-state index contributed by atoms with van der Waals surface area (Å²) in [6.45, 7) is 0. The summed E-state index contributed by atoms with van der Waals surface area (Å²) >= 11 is 0. The van der Waals surface area contributed by atoms with Crippen molar-refractivity contribution < 1.29 is 13.9 Å². The number of methoxy groups -OCH3 is 1. The molecule has 0 amide bonds. The molecule has 0 heterocycles. The molecule has 0 spiro atoms. The van der Waals surface area contributed by atoms with E-state index in [2.05, 4.69) is 0 Å². The molecule has 0 saturated heterocycles. The van der Waals surface area contributed by atoms with Crippen LogP contribution < -0.4 is 4.74 Å². The van der Waals surface area contributed by atoms with Gasteiger partial charge in [0.2, 0.25) is 0 Å². The number of rotatable bonds is 2. The fraction of sp³-hybridized carbons (Fsp3) is 0.167. The van der Waals surface area contributed by atoms with Gasteiger partial charge in [0.1, 0.15) is 11.6 Å². The third-order valence-corrected chi connectivity index (χ3v) is 3.73. The molecule has 2 aromatic rings. The van der Waals surface area contributed by atoms with E-state index in [-0.39, 0.29) is 11.6 Å². The first kappa shape index (κ1) is 13.6. The summed E-state index contributed by atoms with van der Waals surface area (Å²) in [5.74, 6) is 0.333. The first-order valence-electron chi connectivity index (χ1n) is 6.86. The van der Waals surface area contributed by atoms with Gasteiger partial charge in [-0.3, -0.25) is 4.79 Å². The fourth-order valence-corrected chi connectivity index (χ4v) is 2.65. The van der Waals surface area contributed by atoms with E-state index in [4.69, 9.17) is 4.74 Å². The summed E-state index contributed by atoms with van der Waals surface area (Å²) in [5.41, 5.74) is 3.24. The zero-order valence-corrected chi connectivity index (χ0v) is 11.7. The van der Waals surface area contributed by atoms with Crippen LogP contribution in [0.5, 0.6) is 5.75 Å². The Kier molecular flexibility index (Phi) is 3.57. The summed E-state index contributed by atoms with van der Waals surface area (Å²) < 4.78 is 18.2. The molecule has 0 aliphatic heterocycles. The first-order chi connectivity index (χ1) is 10.2. The zero-order chi connectivity index (χ0) is 14.8. The summed E-state index contributed by atoms with van der Waals surface area (Å²) in [4.78, 5) is 12.6. The number of aryl methyl sites for hydroxylation is 1. The van der Waals surface area contributed by atoms with E-state index in [1.807, 2.05) is 18.2 Å². The molecule has 2 nitrogen and oxygen atoms in total. The van der Waals surface area contributed by atoms with Crippen LogP contribution >= 0.6 is 0 Å². The molecule has 0 fully saturated rings. The average Bonchev–Trinajstić information content (AvgIpc) is 2.51. The molecular weight excluding hydrogens is 267 g/mol. The van der Waals surface area contributed by atoms with Gasteiger partial charge in [-0.1, -0.05) is 24.3 Å². The third kappa shape index (κ3) is 2.59. The second kappa shape index (κ2) is 5.52.